The van der Waals surface area contributed by atoms with Crippen LogP contribution in [0, 0.1) is 0 Å². The van der Waals surface area contributed by atoms with Gasteiger partial charge in [0.1, 0.15) is 13.2 Å². The van der Waals surface area contributed by atoms with Crippen LogP contribution in [-0.4, -0.2) is 50.8 Å². The van der Waals surface area contributed by atoms with Crippen molar-refractivity contribution in [3.05, 3.63) is 59.7 Å². The Labute approximate surface area is 154 Å². The van der Waals surface area contributed by atoms with Crippen LogP contribution >= 0.6 is 0 Å². The van der Waals surface area contributed by atoms with E-state index in [0.717, 1.165) is 12.8 Å². The second kappa shape index (κ2) is 9.25. The first-order valence-electron chi connectivity index (χ1n) is 9.00. The van der Waals surface area contributed by atoms with Crippen LogP contribution in [0.1, 0.15) is 22.3 Å². The Bertz CT molecular complexity index is 717. The van der Waals surface area contributed by atoms with E-state index in [2.05, 4.69) is 12.1 Å². The molecule has 2 aromatic carbocycles. The number of nitrogens with zero attached hydrogens (tertiary/aromatic N) is 1. The molecule has 3 rings (SSSR count). The Hall–Kier alpha value is -2.53. The van der Waals surface area contributed by atoms with E-state index in [1.165, 1.54) is 5.56 Å². The average Bonchev–Trinajstić information content (AvgIpc) is 2.70. The Kier molecular flexibility index (Phi) is 6.50. The quantitative estimate of drug-likeness (QED) is 0.730. The molecule has 1 amide bonds. The average molecular weight is 355 g/mol. The number of ether oxygens (including phenoxy) is 3. The van der Waals surface area contributed by atoms with E-state index < -0.39 is 0 Å². The van der Waals surface area contributed by atoms with E-state index in [-0.39, 0.29) is 5.91 Å². The molecule has 0 saturated heterocycles. The zero-order chi connectivity index (χ0) is 18.2. The van der Waals surface area contributed by atoms with E-state index in [0.29, 0.717) is 50.0 Å². The number of carbonyl (C=O) groups excluding carboxylic acids is 1. The van der Waals surface area contributed by atoms with Gasteiger partial charge in [0.15, 0.2) is 11.5 Å². The molecule has 5 nitrogen and oxygen atoms in total. The summed E-state index contributed by atoms with van der Waals surface area (Å²) in [4.78, 5) is 14.9. The summed E-state index contributed by atoms with van der Waals surface area (Å²) in [5.74, 6) is 1.14. The molecule has 0 saturated carbocycles. The Morgan fingerprint density at radius 1 is 1.04 bits per heavy atom. The first kappa shape index (κ1) is 18.3. The van der Waals surface area contributed by atoms with E-state index in [4.69, 9.17) is 14.2 Å². The predicted octanol–water partition coefficient (Wildman–Crippen LogP) is 3.18. The zero-order valence-corrected chi connectivity index (χ0v) is 15.1. The summed E-state index contributed by atoms with van der Waals surface area (Å²) in [5, 5.41) is 0. The molecule has 26 heavy (non-hydrogen) atoms. The maximum absolute atomic E-state index is 13.1. The molecule has 138 valence electrons. The van der Waals surface area contributed by atoms with E-state index in [1.54, 1.807) is 13.2 Å². The molecule has 0 fully saturated rings. The summed E-state index contributed by atoms with van der Waals surface area (Å²) in [7, 11) is 1.65. The van der Waals surface area contributed by atoms with Gasteiger partial charge < -0.3 is 19.1 Å². The number of fused-ring (bicyclic) bond motifs is 1. The van der Waals surface area contributed by atoms with Gasteiger partial charge in [0.05, 0.1) is 12.2 Å². The number of hydrogen-bond acceptors (Lipinski definition) is 4. The number of amides is 1. The van der Waals surface area contributed by atoms with Crippen LogP contribution in [0.25, 0.3) is 0 Å². The summed E-state index contributed by atoms with van der Waals surface area (Å²) in [5.41, 5.74) is 1.83. The summed E-state index contributed by atoms with van der Waals surface area (Å²) >= 11 is 0. The highest BCUT2D eigenvalue weighted by molar-refractivity contribution is 5.97. The fourth-order valence-corrected chi connectivity index (χ4v) is 3.05. The third-order valence-electron chi connectivity index (χ3n) is 4.39. The van der Waals surface area contributed by atoms with Gasteiger partial charge in [-0.2, -0.15) is 0 Å². The molecule has 0 atom stereocenters. The molecule has 1 heterocycles. The SMILES string of the molecule is COCCN(CCCc1ccccc1)C(=O)c1cccc2c1OCCO2. The van der Waals surface area contributed by atoms with Crippen molar-refractivity contribution in [3.63, 3.8) is 0 Å². The van der Waals surface area contributed by atoms with Crippen LogP contribution < -0.4 is 9.47 Å². The van der Waals surface area contributed by atoms with Crippen molar-refractivity contribution in [3.8, 4) is 11.5 Å². The van der Waals surface area contributed by atoms with Crippen molar-refractivity contribution >= 4 is 5.91 Å². The molecule has 0 aliphatic carbocycles. The second-order valence-corrected chi connectivity index (χ2v) is 6.20. The van der Waals surface area contributed by atoms with Gasteiger partial charge in [0.2, 0.25) is 0 Å². The zero-order valence-electron chi connectivity index (χ0n) is 15.1. The molecule has 0 spiro atoms. The Morgan fingerprint density at radius 2 is 1.85 bits per heavy atom. The van der Waals surface area contributed by atoms with E-state index in [1.807, 2.05) is 35.2 Å². The number of benzene rings is 2. The number of methoxy groups -OCH3 is 1. The first-order valence-corrected chi connectivity index (χ1v) is 9.00. The lowest BCUT2D eigenvalue weighted by atomic mass is 10.1. The Balaban J connectivity index is 1.69. The van der Waals surface area contributed by atoms with Crippen molar-refractivity contribution in [2.45, 2.75) is 12.8 Å². The maximum atomic E-state index is 13.1. The van der Waals surface area contributed by atoms with Crippen LogP contribution in [-0.2, 0) is 11.2 Å². The molecule has 0 aromatic heterocycles. The van der Waals surface area contributed by atoms with Crippen molar-refractivity contribution in [1.29, 1.82) is 0 Å². The summed E-state index contributed by atoms with van der Waals surface area (Å²) in [6, 6.07) is 15.8. The molecule has 2 aromatic rings. The summed E-state index contributed by atoms with van der Waals surface area (Å²) < 4.78 is 16.5. The lowest BCUT2D eigenvalue weighted by molar-refractivity contribution is 0.0683. The second-order valence-electron chi connectivity index (χ2n) is 6.20. The van der Waals surface area contributed by atoms with Crippen LogP contribution in [0.2, 0.25) is 0 Å². The third kappa shape index (κ3) is 4.55. The van der Waals surface area contributed by atoms with E-state index >= 15 is 0 Å². The molecular formula is C21H25NO4. The lowest BCUT2D eigenvalue weighted by Gasteiger charge is -2.26. The van der Waals surface area contributed by atoms with Gasteiger partial charge in [-0.1, -0.05) is 36.4 Å². The van der Waals surface area contributed by atoms with Gasteiger partial charge in [-0.05, 0) is 30.5 Å². The first-order chi connectivity index (χ1) is 12.8. The number of carbonyl (C=O) groups is 1. The monoisotopic (exact) mass is 355 g/mol. The Morgan fingerprint density at radius 3 is 2.65 bits per heavy atom. The van der Waals surface area contributed by atoms with Gasteiger partial charge in [-0.15, -0.1) is 0 Å². The molecule has 5 heteroatoms. The van der Waals surface area contributed by atoms with Gasteiger partial charge in [0, 0.05) is 20.2 Å². The fraction of sp³-hybridized carbons (Fsp3) is 0.381. The van der Waals surface area contributed by atoms with Crippen LogP contribution in [0.15, 0.2) is 48.5 Å². The molecule has 0 radical (unpaired) electrons. The normalized spacial score (nSPS) is 12.7. The molecular weight excluding hydrogens is 330 g/mol. The summed E-state index contributed by atoms with van der Waals surface area (Å²) in [6.45, 7) is 2.69. The highest BCUT2D eigenvalue weighted by Gasteiger charge is 2.24. The predicted molar refractivity (Wildman–Crippen MR) is 100.0 cm³/mol. The maximum Gasteiger partial charge on any atom is 0.257 e. The topological polar surface area (TPSA) is 48.0 Å². The largest absolute Gasteiger partial charge is 0.486 e. The third-order valence-corrected chi connectivity index (χ3v) is 4.39. The smallest absolute Gasteiger partial charge is 0.257 e. The highest BCUT2D eigenvalue weighted by atomic mass is 16.6. The highest BCUT2D eigenvalue weighted by Crippen LogP contribution is 2.34. The standard InChI is InChI=1S/C21H25NO4/c1-24-14-13-22(12-6-9-17-7-3-2-4-8-17)21(23)18-10-5-11-19-20(18)26-16-15-25-19/h2-5,7-8,10-11H,6,9,12-16H2,1H3. The van der Waals surface area contributed by atoms with Gasteiger partial charge in [-0.25, -0.2) is 0 Å². The molecule has 1 aliphatic rings. The lowest BCUT2D eigenvalue weighted by Crippen LogP contribution is -2.35. The minimum Gasteiger partial charge on any atom is -0.486 e. The summed E-state index contributed by atoms with van der Waals surface area (Å²) in [6.07, 6.45) is 1.83. The van der Waals surface area contributed by atoms with Crippen LogP contribution in [0.4, 0.5) is 0 Å². The number of aryl methyl sites for hydroxylation is 1. The van der Waals surface area contributed by atoms with Crippen molar-refractivity contribution in [1.82, 2.24) is 4.90 Å². The van der Waals surface area contributed by atoms with Gasteiger partial charge in [0.25, 0.3) is 5.91 Å². The van der Waals surface area contributed by atoms with Gasteiger partial charge in [-0.3, -0.25) is 4.79 Å². The minimum absolute atomic E-state index is 0.0440. The molecule has 0 unspecified atom stereocenters. The van der Waals surface area contributed by atoms with Crippen LogP contribution in [0.3, 0.4) is 0 Å². The number of rotatable bonds is 8. The van der Waals surface area contributed by atoms with Crippen molar-refractivity contribution < 1.29 is 19.0 Å². The molecule has 1 aliphatic heterocycles. The molecule has 0 N–H and O–H groups in total. The van der Waals surface area contributed by atoms with Crippen LogP contribution in [0.5, 0.6) is 11.5 Å². The van der Waals surface area contributed by atoms with Gasteiger partial charge >= 0.3 is 0 Å². The van der Waals surface area contributed by atoms with Crippen molar-refractivity contribution in [2.75, 3.05) is 40.0 Å². The minimum atomic E-state index is -0.0440. The van der Waals surface area contributed by atoms with E-state index in [9.17, 15) is 4.79 Å². The van der Waals surface area contributed by atoms with Crippen molar-refractivity contribution in [2.24, 2.45) is 0 Å². The fourth-order valence-electron chi connectivity index (χ4n) is 3.05. The number of para-hydroxylation sites is 1. The number of hydrogen-bond donors (Lipinski definition) is 0. The molecule has 0 bridgehead atoms.